The molecule has 2 aromatic heterocycles. The number of nitrogens with one attached hydrogen (secondary N) is 1. The van der Waals surface area contributed by atoms with Crippen molar-refractivity contribution in [2.24, 2.45) is 0 Å². The maximum atomic E-state index is 12.5. The van der Waals surface area contributed by atoms with Crippen LogP contribution in [-0.2, 0) is 30.5 Å². The zero-order valence-electron chi connectivity index (χ0n) is 18.9. The first-order valence-corrected chi connectivity index (χ1v) is 12.0. The zero-order valence-corrected chi connectivity index (χ0v) is 19.7. The van der Waals surface area contributed by atoms with E-state index in [1.165, 1.54) is 30.5 Å². The Kier molecular flexibility index (Phi) is 8.28. The molecule has 0 radical (unpaired) electrons. The van der Waals surface area contributed by atoms with Crippen molar-refractivity contribution >= 4 is 23.0 Å². The molecule has 36 heavy (non-hydrogen) atoms. The zero-order chi connectivity index (χ0) is 25.4. The molecular weight excluding hydrogens is 495 g/mol. The minimum Gasteiger partial charge on any atom is -0.487 e. The summed E-state index contributed by atoms with van der Waals surface area (Å²) in [7, 11) is -3.05. The van der Waals surface area contributed by atoms with Crippen LogP contribution in [0.2, 0.25) is 0 Å². The summed E-state index contributed by atoms with van der Waals surface area (Å²) in [5.74, 6) is 1.02. The van der Waals surface area contributed by atoms with Crippen molar-refractivity contribution < 1.29 is 26.5 Å². The highest BCUT2D eigenvalue weighted by Gasteiger charge is 2.37. The van der Waals surface area contributed by atoms with Crippen LogP contribution in [0.25, 0.3) is 12.2 Å². The lowest BCUT2D eigenvalue weighted by atomic mass is 10.2. The van der Waals surface area contributed by atoms with E-state index >= 15 is 0 Å². The van der Waals surface area contributed by atoms with Gasteiger partial charge in [-0.25, -0.2) is 9.19 Å². The van der Waals surface area contributed by atoms with Gasteiger partial charge < -0.3 is 14.5 Å². The van der Waals surface area contributed by atoms with Crippen LogP contribution >= 0.6 is 0 Å². The molecular formula is C24H22F3N5O3S. The lowest BCUT2D eigenvalue weighted by Crippen LogP contribution is -2.19. The molecule has 188 valence electrons. The monoisotopic (exact) mass is 517 g/mol. The molecule has 2 heterocycles. The van der Waals surface area contributed by atoms with Gasteiger partial charge >= 0.3 is 5.51 Å². The molecule has 8 nitrogen and oxygen atoms in total. The summed E-state index contributed by atoms with van der Waals surface area (Å²) in [6.07, 6.45) is 8.16. The van der Waals surface area contributed by atoms with Crippen LogP contribution in [0.15, 0.2) is 76.5 Å². The fourth-order valence-electron chi connectivity index (χ4n) is 3.11. The van der Waals surface area contributed by atoms with Crippen LogP contribution in [0.4, 0.5) is 13.2 Å². The molecule has 1 unspecified atom stereocenters. The Morgan fingerprint density at radius 3 is 2.56 bits per heavy atom. The van der Waals surface area contributed by atoms with Gasteiger partial charge in [-0.15, -0.1) is 5.10 Å². The number of ether oxygens (including phenoxy) is 1. The Morgan fingerprint density at radius 1 is 1.08 bits per heavy atom. The molecule has 12 heteroatoms. The number of aromatic nitrogens is 4. The Morgan fingerprint density at radius 2 is 1.86 bits per heavy atom. The predicted molar refractivity (Wildman–Crippen MR) is 127 cm³/mol. The number of alkyl halides is 3. The normalized spacial score (nSPS) is 12.8. The number of nitrogens with zero attached hydrogens (tertiary/aromatic N) is 4. The summed E-state index contributed by atoms with van der Waals surface area (Å²) < 4.78 is 61.9. The van der Waals surface area contributed by atoms with Crippen molar-refractivity contribution in [1.29, 1.82) is 0 Å². The van der Waals surface area contributed by atoms with Gasteiger partial charge in [-0.2, -0.15) is 13.2 Å². The highest BCUT2D eigenvalue weighted by atomic mass is 32.2. The van der Waals surface area contributed by atoms with Gasteiger partial charge in [0.1, 0.15) is 24.3 Å². The van der Waals surface area contributed by atoms with E-state index in [4.69, 9.17) is 9.15 Å². The summed E-state index contributed by atoms with van der Waals surface area (Å²) in [5.41, 5.74) is -2.47. The van der Waals surface area contributed by atoms with Gasteiger partial charge in [0.05, 0.1) is 12.7 Å². The third kappa shape index (κ3) is 7.36. The Hall–Kier alpha value is -3.77. The number of oxazole rings is 1. The quantitative estimate of drug-likeness (QED) is 0.294. The minimum atomic E-state index is -4.79. The van der Waals surface area contributed by atoms with Gasteiger partial charge in [0, 0.05) is 30.3 Å². The van der Waals surface area contributed by atoms with E-state index in [0.29, 0.717) is 22.9 Å². The second-order valence-electron chi connectivity index (χ2n) is 7.57. The van der Waals surface area contributed by atoms with Crippen LogP contribution in [-0.4, -0.2) is 36.2 Å². The van der Waals surface area contributed by atoms with Crippen molar-refractivity contribution in [2.45, 2.75) is 30.1 Å². The van der Waals surface area contributed by atoms with E-state index in [0.717, 1.165) is 25.2 Å². The standard InChI is InChI=1S/C24H22F3N5O3S/c25-24(26,27)36(33)22-8-3-18(4-9-22)5-10-23-30-20(17-35-23)16-34-21-6-1-19(2-7-21)15-28-11-13-32-14-12-29-31-32/h1-10,12,14,17,28H,11,13,15-16H2/b10-5+. The molecule has 0 aliphatic heterocycles. The SMILES string of the molecule is O=S(c1ccc(/C=C/c2nc(COc3ccc(CNCCn4ccnn4)cc3)co2)cc1)C(F)(F)F. The molecule has 2 aromatic carbocycles. The van der Waals surface area contributed by atoms with Crippen LogP contribution in [0, 0.1) is 0 Å². The largest absolute Gasteiger partial charge is 0.487 e. The minimum absolute atomic E-state index is 0.213. The van der Waals surface area contributed by atoms with E-state index in [1.807, 2.05) is 30.5 Å². The topological polar surface area (TPSA) is 95.1 Å². The van der Waals surface area contributed by atoms with Crippen LogP contribution in [0.3, 0.4) is 0 Å². The van der Waals surface area contributed by atoms with Gasteiger partial charge in [-0.3, -0.25) is 4.68 Å². The molecule has 0 bridgehead atoms. The lowest BCUT2D eigenvalue weighted by Gasteiger charge is -2.07. The number of hydrogen-bond donors (Lipinski definition) is 1. The molecule has 0 aliphatic carbocycles. The molecule has 0 aliphatic rings. The molecule has 1 atom stereocenters. The van der Waals surface area contributed by atoms with E-state index in [9.17, 15) is 17.4 Å². The van der Waals surface area contributed by atoms with Gasteiger partial charge in [-0.05, 0) is 41.5 Å². The maximum absolute atomic E-state index is 12.5. The summed E-state index contributed by atoms with van der Waals surface area (Å²) in [4.78, 5) is 4.01. The van der Waals surface area contributed by atoms with Crippen molar-refractivity contribution in [3.05, 3.63) is 89.9 Å². The van der Waals surface area contributed by atoms with E-state index in [-0.39, 0.29) is 11.5 Å². The summed E-state index contributed by atoms with van der Waals surface area (Å²) in [5, 5.41) is 11.0. The average Bonchev–Trinajstić information content (AvgIpc) is 3.56. The Balaban J connectivity index is 1.22. The molecule has 4 rings (SSSR count). The lowest BCUT2D eigenvalue weighted by molar-refractivity contribution is -0.0384. The summed E-state index contributed by atoms with van der Waals surface area (Å²) >= 11 is 0. The molecule has 4 aromatic rings. The van der Waals surface area contributed by atoms with E-state index < -0.39 is 16.3 Å². The number of hydrogen-bond acceptors (Lipinski definition) is 7. The molecule has 0 saturated carbocycles. The van der Waals surface area contributed by atoms with E-state index in [2.05, 4.69) is 20.6 Å². The van der Waals surface area contributed by atoms with Crippen LogP contribution in [0.1, 0.15) is 22.7 Å². The van der Waals surface area contributed by atoms with Gasteiger partial charge in [0.15, 0.2) is 10.8 Å². The first kappa shape index (κ1) is 25.3. The van der Waals surface area contributed by atoms with Crippen molar-refractivity contribution in [1.82, 2.24) is 25.3 Å². The number of halogens is 3. The van der Waals surface area contributed by atoms with Crippen molar-refractivity contribution in [3.63, 3.8) is 0 Å². The van der Waals surface area contributed by atoms with Crippen LogP contribution < -0.4 is 10.1 Å². The van der Waals surface area contributed by atoms with Gasteiger partial charge in [0.25, 0.3) is 0 Å². The summed E-state index contributed by atoms with van der Waals surface area (Å²) in [6, 6.07) is 13.0. The second-order valence-corrected chi connectivity index (χ2v) is 9.04. The molecule has 0 amide bonds. The van der Waals surface area contributed by atoms with E-state index in [1.54, 1.807) is 23.0 Å². The van der Waals surface area contributed by atoms with Crippen LogP contribution in [0.5, 0.6) is 5.75 Å². The predicted octanol–water partition coefficient (Wildman–Crippen LogP) is 4.43. The molecule has 0 fully saturated rings. The maximum Gasteiger partial charge on any atom is 0.475 e. The third-order valence-corrected chi connectivity index (χ3v) is 6.04. The fraction of sp³-hybridized carbons (Fsp3) is 0.208. The number of rotatable bonds is 11. The first-order valence-electron chi connectivity index (χ1n) is 10.8. The smallest absolute Gasteiger partial charge is 0.475 e. The molecule has 0 spiro atoms. The number of benzene rings is 2. The second kappa shape index (κ2) is 11.8. The van der Waals surface area contributed by atoms with Crippen molar-refractivity contribution in [3.8, 4) is 5.75 Å². The molecule has 0 saturated heterocycles. The van der Waals surface area contributed by atoms with Crippen molar-refractivity contribution in [2.75, 3.05) is 6.54 Å². The van der Waals surface area contributed by atoms with Gasteiger partial charge in [-0.1, -0.05) is 29.5 Å². The Bertz CT molecular complexity index is 1290. The highest BCUT2D eigenvalue weighted by Crippen LogP contribution is 2.26. The highest BCUT2D eigenvalue weighted by molar-refractivity contribution is 7.86. The molecule has 1 N–H and O–H groups in total. The fourth-order valence-corrected chi connectivity index (χ4v) is 3.76. The first-order chi connectivity index (χ1) is 17.4. The van der Waals surface area contributed by atoms with Gasteiger partial charge in [0.2, 0.25) is 5.89 Å². The third-order valence-electron chi connectivity index (χ3n) is 4.92. The Labute approximate surface area is 207 Å². The summed E-state index contributed by atoms with van der Waals surface area (Å²) in [6.45, 7) is 2.45. The average molecular weight is 518 g/mol.